The van der Waals surface area contributed by atoms with Gasteiger partial charge in [-0.15, -0.1) is 0 Å². The molecule has 1 aromatic carbocycles. The van der Waals surface area contributed by atoms with E-state index < -0.39 is 27.3 Å². The lowest BCUT2D eigenvalue weighted by molar-refractivity contribution is -0.0466. The van der Waals surface area contributed by atoms with E-state index in [0.717, 1.165) is 44.1 Å². The summed E-state index contributed by atoms with van der Waals surface area (Å²) >= 11 is 6.23. The molecule has 0 radical (unpaired) electrons. The monoisotopic (exact) mass is 445 g/mol. The maximum absolute atomic E-state index is 14.5. The highest BCUT2D eigenvalue weighted by atomic mass is 35.5. The van der Waals surface area contributed by atoms with Crippen LogP contribution in [0.2, 0.25) is 5.02 Å². The van der Waals surface area contributed by atoms with Gasteiger partial charge in [-0.3, -0.25) is 4.79 Å². The average Bonchev–Trinajstić information content (AvgIpc) is 2.59. The van der Waals surface area contributed by atoms with Crippen LogP contribution in [-0.2, 0) is 10.0 Å². The van der Waals surface area contributed by atoms with Gasteiger partial charge in [0.05, 0.1) is 23.4 Å². The van der Waals surface area contributed by atoms with Crippen molar-refractivity contribution < 1.29 is 22.3 Å². The predicted octanol–water partition coefficient (Wildman–Crippen LogP) is 4.93. The van der Waals surface area contributed by atoms with Crippen molar-refractivity contribution in [3.63, 3.8) is 0 Å². The van der Waals surface area contributed by atoms with Crippen molar-refractivity contribution in [1.82, 2.24) is 4.72 Å². The lowest BCUT2D eigenvalue weighted by Gasteiger charge is -2.53. The molecule has 1 amide bonds. The minimum Gasteiger partial charge on any atom is -0.491 e. The molecule has 29 heavy (non-hydrogen) atoms. The van der Waals surface area contributed by atoms with Gasteiger partial charge in [0.1, 0.15) is 11.6 Å². The van der Waals surface area contributed by atoms with Crippen LogP contribution >= 0.6 is 11.6 Å². The molecule has 0 aromatic heterocycles. The van der Waals surface area contributed by atoms with Gasteiger partial charge in [0, 0.05) is 11.5 Å². The van der Waals surface area contributed by atoms with Crippen molar-refractivity contribution in [1.29, 1.82) is 0 Å². The number of rotatable bonds is 6. The van der Waals surface area contributed by atoms with Crippen LogP contribution in [0.5, 0.6) is 5.75 Å². The van der Waals surface area contributed by atoms with Crippen molar-refractivity contribution in [3.8, 4) is 5.75 Å². The number of carbonyl (C=O) groups excluding carboxylic acids is 1. The van der Waals surface area contributed by atoms with Crippen LogP contribution in [0.25, 0.3) is 0 Å². The van der Waals surface area contributed by atoms with Crippen molar-refractivity contribution >= 4 is 27.5 Å². The van der Waals surface area contributed by atoms with Gasteiger partial charge in [-0.1, -0.05) is 38.3 Å². The Labute approximate surface area is 177 Å². The Morgan fingerprint density at radius 3 is 2.72 bits per heavy atom. The van der Waals surface area contributed by atoms with Crippen molar-refractivity contribution in [2.45, 2.75) is 58.8 Å². The summed E-state index contributed by atoms with van der Waals surface area (Å²) in [6.45, 7) is 5.06. The Hall–Kier alpha value is -1.34. The Morgan fingerprint density at radius 2 is 2.07 bits per heavy atom. The van der Waals surface area contributed by atoms with Crippen LogP contribution in [0.3, 0.4) is 0 Å². The van der Waals surface area contributed by atoms with Crippen LogP contribution in [0, 0.1) is 22.6 Å². The fourth-order valence-corrected chi connectivity index (χ4v) is 6.11. The van der Waals surface area contributed by atoms with Gasteiger partial charge < -0.3 is 4.74 Å². The van der Waals surface area contributed by atoms with E-state index in [1.54, 1.807) is 4.72 Å². The van der Waals surface area contributed by atoms with Gasteiger partial charge in [-0.05, 0) is 49.5 Å². The molecule has 2 aliphatic rings. The topological polar surface area (TPSA) is 72.5 Å². The molecular weight excluding hydrogens is 417 g/mol. The highest BCUT2D eigenvalue weighted by molar-refractivity contribution is 7.89. The summed E-state index contributed by atoms with van der Waals surface area (Å²) in [7, 11) is -3.80. The van der Waals surface area contributed by atoms with Gasteiger partial charge >= 0.3 is 0 Å². The standard InChI is InChI=1S/C21H29ClFNO4S/c1-4-14-10-20(2)6-5-7-21(11-14,12-20)13-28-18-9-17(23)15(8-16(18)22)19(25)24-29(3,26)27/h8-9,14H,4-7,10-13H2,1-3H3,(H,24,25). The summed E-state index contributed by atoms with van der Waals surface area (Å²) in [5.74, 6) is -1.07. The van der Waals surface area contributed by atoms with Crippen LogP contribution in [-0.4, -0.2) is 27.2 Å². The molecule has 162 valence electrons. The van der Waals surface area contributed by atoms with E-state index in [1.165, 1.54) is 19.3 Å². The van der Waals surface area contributed by atoms with Crippen LogP contribution in [0.4, 0.5) is 4.39 Å². The second-order valence-electron chi connectivity index (χ2n) is 9.28. The number of carbonyl (C=O) groups is 1. The number of ether oxygens (including phenoxy) is 1. The number of benzene rings is 1. The van der Waals surface area contributed by atoms with E-state index in [9.17, 15) is 17.6 Å². The molecule has 0 aliphatic heterocycles. The van der Waals surface area contributed by atoms with E-state index in [0.29, 0.717) is 17.9 Å². The van der Waals surface area contributed by atoms with Gasteiger partial charge in [0.15, 0.2) is 0 Å². The van der Waals surface area contributed by atoms with E-state index in [1.807, 2.05) is 0 Å². The van der Waals surface area contributed by atoms with Crippen molar-refractivity contribution in [2.24, 2.45) is 16.7 Å². The summed E-state index contributed by atoms with van der Waals surface area (Å²) in [6, 6.07) is 2.18. The Kier molecular flexibility index (Phi) is 6.21. The third-order valence-corrected chi connectivity index (χ3v) is 7.30. The number of hydrogen-bond donors (Lipinski definition) is 1. The normalized spacial score (nSPS) is 29.3. The Bertz CT molecular complexity index is 906. The largest absolute Gasteiger partial charge is 0.491 e. The molecule has 0 saturated heterocycles. The van der Waals surface area contributed by atoms with Crippen molar-refractivity contribution in [3.05, 3.63) is 28.5 Å². The maximum Gasteiger partial charge on any atom is 0.267 e. The molecule has 3 atom stereocenters. The molecule has 1 N–H and O–H groups in total. The minimum absolute atomic E-state index is 0.0675. The summed E-state index contributed by atoms with van der Waals surface area (Å²) in [6.07, 6.45) is 8.94. The van der Waals surface area contributed by atoms with Gasteiger partial charge in [0.2, 0.25) is 10.0 Å². The maximum atomic E-state index is 14.5. The quantitative estimate of drug-likeness (QED) is 0.673. The number of nitrogens with one attached hydrogen (secondary N) is 1. The number of amides is 1. The second-order valence-corrected chi connectivity index (χ2v) is 11.4. The van der Waals surface area contributed by atoms with Crippen LogP contribution in [0.15, 0.2) is 12.1 Å². The fourth-order valence-electron chi connectivity index (χ4n) is 5.44. The molecule has 3 unspecified atom stereocenters. The molecule has 0 heterocycles. The molecule has 2 aliphatic carbocycles. The SMILES string of the molecule is CCC1CC2(C)CCCC(COc3cc(F)c(C(=O)NS(C)(=O)=O)cc3Cl)(C1)C2. The number of fused-ring (bicyclic) bond motifs is 2. The first kappa shape index (κ1) is 22.3. The molecule has 5 nitrogen and oxygen atoms in total. The number of hydrogen-bond acceptors (Lipinski definition) is 4. The molecular formula is C21H29ClFNO4S. The third-order valence-electron chi connectivity index (χ3n) is 6.45. The van der Waals surface area contributed by atoms with Gasteiger partial charge in [0.25, 0.3) is 5.91 Å². The average molecular weight is 446 g/mol. The van der Waals surface area contributed by atoms with E-state index in [2.05, 4.69) is 13.8 Å². The summed E-state index contributed by atoms with van der Waals surface area (Å²) < 4.78 is 44.6. The first-order valence-electron chi connectivity index (χ1n) is 10.1. The van der Waals surface area contributed by atoms with Gasteiger partial charge in [-0.2, -0.15) is 0 Å². The summed E-state index contributed by atoms with van der Waals surface area (Å²) in [5.41, 5.74) is -0.0266. The zero-order chi connectivity index (χ0) is 21.4. The molecule has 2 fully saturated rings. The first-order valence-corrected chi connectivity index (χ1v) is 12.4. The highest BCUT2D eigenvalue weighted by Gasteiger charge is 2.48. The molecule has 1 aromatic rings. The van der Waals surface area contributed by atoms with E-state index >= 15 is 0 Å². The summed E-state index contributed by atoms with van der Waals surface area (Å²) in [5, 5.41) is 0.0860. The summed E-state index contributed by atoms with van der Waals surface area (Å²) in [4.78, 5) is 12.0. The zero-order valence-corrected chi connectivity index (χ0v) is 18.8. The Morgan fingerprint density at radius 1 is 1.34 bits per heavy atom. The van der Waals surface area contributed by atoms with E-state index in [-0.39, 0.29) is 16.2 Å². The third kappa shape index (κ3) is 5.23. The Balaban J connectivity index is 1.77. The zero-order valence-electron chi connectivity index (χ0n) is 17.2. The highest BCUT2D eigenvalue weighted by Crippen LogP contribution is 2.58. The molecule has 2 saturated carbocycles. The second kappa shape index (κ2) is 8.06. The van der Waals surface area contributed by atoms with E-state index in [4.69, 9.17) is 16.3 Å². The molecule has 0 spiro atoms. The minimum atomic E-state index is -3.80. The first-order chi connectivity index (χ1) is 13.4. The smallest absolute Gasteiger partial charge is 0.267 e. The molecule has 3 rings (SSSR count). The van der Waals surface area contributed by atoms with Crippen LogP contribution < -0.4 is 9.46 Å². The lowest BCUT2D eigenvalue weighted by Crippen LogP contribution is -2.45. The number of sulfonamides is 1. The van der Waals surface area contributed by atoms with Gasteiger partial charge in [-0.25, -0.2) is 17.5 Å². The molecule has 8 heteroatoms. The predicted molar refractivity (Wildman–Crippen MR) is 111 cm³/mol. The fraction of sp³-hybridized carbons (Fsp3) is 0.667. The lowest BCUT2D eigenvalue weighted by atomic mass is 9.53. The van der Waals surface area contributed by atoms with Crippen LogP contribution in [0.1, 0.15) is 69.2 Å². The number of halogens is 2. The van der Waals surface area contributed by atoms with Crippen molar-refractivity contribution in [2.75, 3.05) is 12.9 Å². The molecule has 2 bridgehead atoms.